The number of hydrogen-bond acceptors (Lipinski definition) is 0. The highest BCUT2D eigenvalue weighted by Crippen LogP contribution is 2.29. The molecule has 0 bridgehead atoms. The van der Waals surface area contributed by atoms with Crippen LogP contribution in [0.2, 0.25) is 0 Å². The van der Waals surface area contributed by atoms with Gasteiger partial charge in [-0.05, 0) is 60.7 Å². The number of hydrogen-bond donors (Lipinski definition) is 0. The molecule has 0 heterocycles. The molecule has 4 saturated carbocycles. The van der Waals surface area contributed by atoms with Crippen LogP contribution in [0.5, 0.6) is 0 Å². The monoisotopic (exact) mass is 572 g/mol. The fourth-order valence-corrected chi connectivity index (χ4v) is 5.71. The number of rotatable bonds is 0. The summed E-state index contributed by atoms with van der Waals surface area (Å²) in [6, 6.07) is 0. The summed E-state index contributed by atoms with van der Waals surface area (Å²) in [5, 5.41) is 0. The van der Waals surface area contributed by atoms with Crippen molar-refractivity contribution in [3.63, 3.8) is 0 Å². The van der Waals surface area contributed by atoms with Gasteiger partial charge in [0, 0.05) is 0 Å². The molecule has 0 amide bonds. The molecule has 39 heavy (non-hydrogen) atoms. The zero-order valence-corrected chi connectivity index (χ0v) is 31.3. The highest BCUT2D eigenvalue weighted by Gasteiger charge is 2.15. The first-order valence-electron chi connectivity index (χ1n) is 18.5. The average Bonchev–Trinajstić information content (AvgIpc) is 2.94. The van der Waals surface area contributed by atoms with Crippen LogP contribution in [-0.2, 0) is 0 Å². The van der Waals surface area contributed by atoms with Gasteiger partial charge in [0.2, 0.25) is 0 Å². The smallest absolute Gasteiger partial charge is 0.0575 e. The maximum absolute atomic E-state index is 6.65. The predicted molar refractivity (Wildman–Crippen MR) is 190 cm³/mol. The van der Waals surface area contributed by atoms with E-state index < -0.39 is 0 Å². The molecule has 1 heteroatoms. The van der Waals surface area contributed by atoms with Crippen molar-refractivity contribution < 1.29 is 0 Å². The van der Waals surface area contributed by atoms with E-state index in [4.69, 9.17) is 1.28 Å². The lowest BCUT2D eigenvalue weighted by atomic mass is 9.84. The Labute approximate surface area is 255 Å². The van der Waals surface area contributed by atoms with E-state index in [0.717, 1.165) is 47.3 Å². The van der Waals surface area contributed by atoms with Crippen LogP contribution in [0.1, 0.15) is 186 Å². The van der Waals surface area contributed by atoms with Crippen molar-refractivity contribution in [1.82, 2.24) is 0 Å². The first-order valence-corrected chi connectivity index (χ1v) is 19.8. The van der Waals surface area contributed by atoms with Gasteiger partial charge in [0.15, 0.2) is 0 Å². The third kappa shape index (κ3) is 31.2. The molecule has 240 valence electrons. The van der Waals surface area contributed by atoms with E-state index in [1.54, 1.807) is 0 Å². The second-order valence-electron chi connectivity index (χ2n) is 13.9. The fraction of sp³-hybridized carbons (Fsp3) is 1.00. The first kappa shape index (κ1) is 41.6. The minimum atomic E-state index is -0.370. The summed E-state index contributed by atoms with van der Waals surface area (Å²) in [6.45, 7) is 30.7. The summed E-state index contributed by atoms with van der Waals surface area (Å²) in [4.78, 5) is 0. The van der Waals surface area contributed by atoms with E-state index in [9.17, 15) is 0 Å². The largest absolute Gasteiger partial charge is 0.129 e. The maximum Gasteiger partial charge on any atom is 0.0575 e. The van der Waals surface area contributed by atoms with Crippen LogP contribution in [-0.4, -0.2) is 14.6 Å². The van der Waals surface area contributed by atoms with Gasteiger partial charge in [0.25, 0.3) is 0 Å². The Morgan fingerprint density at radius 3 is 0.410 bits per heavy atom. The molecule has 0 aromatic carbocycles. The summed E-state index contributed by atoms with van der Waals surface area (Å²) in [5.41, 5.74) is 0. The van der Waals surface area contributed by atoms with Gasteiger partial charge < -0.3 is 0 Å². The van der Waals surface area contributed by atoms with Crippen molar-refractivity contribution >= 4 is 8.53 Å². The molecule has 4 fully saturated rings. The van der Waals surface area contributed by atoms with E-state index in [1.807, 2.05) is 41.0 Å². The minimum absolute atomic E-state index is 0.370. The zero-order valence-electron chi connectivity index (χ0n) is 31.4. The van der Waals surface area contributed by atoms with Crippen molar-refractivity contribution in [1.29, 1.82) is 1.28 Å². The molecule has 4 rings (SSSR count). The van der Waals surface area contributed by atoms with Gasteiger partial charge in [-0.15, -0.1) is 8.53 Å². The maximum atomic E-state index is 6.65. The Morgan fingerprint density at radius 2 is 0.359 bits per heavy atom. The van der Waals surface area contributed by atoms with Gasteiger partial charge >= 0.3 is 0 Å². The average molecular weight is 572 g/mol. The van der Waals surface area contributed by atoms with Crippen molar-refractivity contribution in [2.75, 3.05) is 13.3 Å². The van der Waals surface area contributed by atoms with Gasteiger partial charge in [-0.3, -0.25) is 0 Å². The molecule has 0 aromatic rings. The Morgan fingerprint density at radius 1 is 0.308 bits per heavy atom. The first-order chi connectivity index (χ1) is 18.9. The Balaban J connectivity index is -0.000000420. The second-order valence-corrected chi connectivity index (χ2v) is 14.8. The summed E-state index contributed by atoms with van der Waals surface area (Å²) in [5.74, 6) is 8.16. The van der Waals surface area contributed by atoms with Gasteiger partial charge in [-0.2, -0.15) is 0 Å². The molecular formula is C38H83P. The van der Waals surface area contributed by atoms with Crippen LogP contribution in [0.4, 0.5) is 0 Å². The van der Waals surface area contributed by atoms with Crippen LogP contribution < -0.4 is 0 Å². The van der Waals surface area contributed by atoms with Crippen LogP contribution in [0.25, 0.3) is 0 Å². The highest BCUT2D eigenvalue weighted by atomic mass is 31.1. The molecular weight excluding hydrogens is 487 g/mol. The van der Waals surface area contributed by atoms with Crippen molar-refractivity contribution in [3.8, 4) is 0 Å². The molecule has 4 aliphatic rings. The summed E-state index contributed by atoms with van der Waals surface area (Å²) in [6.07, 6.45) is 23.6. The predicted octanol–water partition coefficient (Wildman–Crippen LogP) is 14.3. The fourth-order valence-electron chi connectivity index (χ4n) is 5.71. The molecule has 0 aromatic heterocycles. The molecule has 4 aliphatic carbocycles. The summed E-state index contributed by atoms with van der Waals surface area (Å²) < 4.78 is 6.65. The van der Waals surface area contributed by atoms with Crippen molar-refractivity contribution in [3.05, 3.63) is 0 Å². The SMILES string of the molecule is CC.CC.CC1CCC(C)CC1.CC1CCC(C)CC1.CC1CCC(C)CC1.CC1CCC(C)CC1.[2H]P(C)C. The van der Waals surface area contributed by atoms with Gasteiger partial charge in [-0.1, -0.05) is 186 Å². The van der Waals surface area contributed by atoms with E-state index in [2.05, 4.69) is 55.4 Å². The van der Waals surface area contributed by atoms with Gasteiger partial charge in [0.1, 0.15) is 0 Å². The second kappa shape index (κ2) is 31.4. The molecule has 0 aliphatic heterocycles. The van der Waals surface area contributed by atoms with Gasteiger partial charge in [0.05, 0.1) is 1.28 Å². The lowest BCUT2D eigenvalue weighted by molar-refractivity contribution is 0.308. The third-order valence-electron chi connectivity index (χ3n) is 9.22. The summed E-state index contributed by atoms with van der Waals surface area (Å²) >= 11 is 0. The van der Waals surface area contributed by atoms with Crippen LogP contribution in [0.15, 0.2) is 0 Å². The Bertz CT molecular complexity index is 323. The van der Waals surface area contributed by atoms with Crippen LogP contribution in [0, 0.1) is 47.3 Å². The van der Waals surface area contributed by atoms with Crippen molar-refractivity contribution in [2.24, 2.45) is 47.3 Å². The van der Waals surface area contributed by atoms with E-state index in [-0.39, 0.29) is 8.53 Å². The van der Waals surface area contributed by atoms with E-state index in [0.29, 0.717) is 0 Å². The molecule has 0 radical (unpaired) electrons. The normalized spacial score (nSPS) is 33.9. The summed E-state index contributed by atoms with van der Waals surface area (Å²) in [7, 11) is -0.370. The lowest BCUT2D eigenvalue weighted by Gasteiger charge is -2.22. The Kier molecular flexibility index (Phi) is 33.4. The molecule has 0 spiro atoms. The third-order valence-corrected chi connectivity index (χ3v) is 9.22. The Hall–Kier alpha value is 0.430. The van der Waals surface area contributed by atoms with E-state index in [1.165, 1.54) is 103 Å². The molecule has 0 N–H and O–H groups in total. The molecule has 0 saturated heterocycles. The van der Waals surface area contributed by atoms with Crippen molar-refractivity contribution in [2.45, 2.75) is 186 Å². The van der Waals surface area contributed by atoms with Crippen LogP contribution in [0.3, 0.4) is 0 Å². The lowest BCUT2D eigenvalue weighted by Crippen LogP contribution is -2.08. The zero-order chi connectivity index (χ0) is 31.5. The quantitative estimate of drug-likeness (QED) is 0.254. The standard InChI is InChI=1S/4C8H16.C2H7P.2C2H6/c4*1-7-3-5-8(2)6-4-7;1-3-2;2*1-2/h4*7-8H,3-6H2,1-2H3;3H,1-2H3;2*1-2H3/i;;;;3D;;. The molecule has 0 atom stereocenters. The minimum Gasteiger partial charge on any atom is -0.129 e. The molecule has 0 nitrogen and oxygen atoms in total. The molecule has 0 unspecified atom stereocenters. The van der Waals surface area contributed by atoms with E-state index >= 15 is 0 Å². The van der Waals surface area contributed by atoms with Crippen LogP contribution >= 0.6 is 8.53 Å². The van der Waals surface area contributed by atoms with Gasteiger partial charge in [-0.25, -0.2) is 0 Å². The topological polar surface area (TPSA) is 0 Å². The highest BCUT2D eigenvalue weighted by molar-refractivity contribution is 7.35.